The van der Waals surface area contributed by atoms with Crippen molar-refractivity contribution in [3.05, 3.63) is 220 Å². The monoisotopic (exact) mass is 1300 g/mol. The fraction of sp³-hybridized carbons (Fsp3) is 0.324. The Labute approximate surface area is 550 Å². The summed E-state index contributed by atoms with van der Waals surface area (Å²) in [5.41, 5.74) is 21.3. The molecule has 472 valence electrons. The van der Waals surface area contributed by atoms with Crippen molar-refractivity contribution in [1.82, 2.24) is 56.4 Å². The Morgan fingerprint density at radius 1 is 0.538 bits per heavy atom. The van der Waals surface area contributed by atoms with E-state index in [1.165, 1.54) is 24.1 Å². The molecule has 8 aromatic rings. The van der Waals surface area contributed by atoms with E-state index in [1.54, 1.807) is 28.9 Å². The number of nitrogens with one attached hydrogen (secondary N) is 5. The van der Waals surface area contributed by atoms with Crippen molar-refractivity contribution < 1.29 is 23.5 Å². The van der Waals surface area contributed by atoms with Crippen LogP contribution in [0.25, 0.3) is 40.6 Å². The molecule has 0 spiro atoms. The smallest absolute Gasteiger partial charge is 0.283 e. The average molecular weight is 1310 g/mol. The van der Waals surface area contributed by atoms with Crippen LogP contribution in [0.5, 0.6) is 0 Å². The van der Waals surface area contributed by atoms with E-state index in [0.717, 1.165) is 174 Å². The van der Waals surface area contributed by atoms with Crippen molar-refractivity contribution in [2.24, 2.45) is 0 Å². The predicted molar refractivity (Wildman–Crippen MR) is 361 cm³/mol. The lowest BCUT2D eigenvalue weighted by atomic mass is 10.0. The van der Waals surface area contributed by atoms with Crippen molar-refractivity contribution in [3.8, 4) is 5.69 Å². The maximum absolute atomic E-state index is 13.6. The average Bonchev–Trinajstić information content (AvgIpc) is 1.64. The number of hydrazine groups is 2. The molecule has 5 aliphatic rings. The Hall–Kier alpha value is -7.67. The molecule has 0 unspecified atom stereocenters. The fourth-order valence-corrected chi connectivity index (χ4v) is 13.0. The molecule has 0 saturated carbocycles. The van der Waals surface area contributed by atoms with Crippen molar-refractivity contribution in [1.29, 1.82) is 0 Å². The molecular formula is C71H74Cl4FN11O4. The summed E-state index contributed by atoms with van der Waals surface area (Å²) in [6, 6.07) is 36.9. The molecule has 3 aromatic heterocycles. The van der Waals surface area contributed by atoms with E-state index in [-0.39, 0.29) is 29.6 Å². The Bertz CT molecular complexity index is 3780. The first-order valence-corrected chi connectivity index (χ1v) is 33.0. The number of H-pyrrole nitrogens is 2. The highest BCUT2D eigenvalue weighted by Crippen LogP contribution is 2.38. The van der Waals surface area contributed by atoms with Gasteiger partial charge in [-0.05, 0) is 209 Å². The van der Waals surface area contributed by atoms with Crippen LogP contribution < -0.4 is 16.2 Å². The molecule has 91 heavy (non-hydrogen) atoms. The maximum Gasteiger partial charge on any atom is 0.283 e. The number of carbonyl (C=O) groups is 3. The number of halogens is 5. The number of hydrogen-bond acceptors (Lipinski definition) is 9. The number of piperidine rings is 1. The summed E-state index contributed by atoms with van der Waals surface area (Å²) in [6.07, 6.45) is 21.2. The number of carbonyl (C=O) groups excluding carboxylic acids is 3. The Balaban J connectivity index is 0.000000143. The normalized spacial score (nSPS) is 17.8. The lowest BCUT2D eigenvalue weighted by Crippen LogP contribution is -2.48. The number of aromatic amines is 2. The summed E-state index contributed by atoms with van der Waals surface area (Å²) >= 11 is 24.8. The van der Waals surface area contributed by atoms with Crippen LogP contribution >= 0.6 is 46.4 Å². The first kappa shape index (κ1) is 64.8. The molecule has 0 bridgehead atoms. The molecule has 0 radical (unpaired) electrons. The SMILES string of the molecule is C[C@@H](NC(=O)c1nn(-c2ccc(Cl)cc2Cl)c2c1CCCC/C2=C\c1ccc(F)cc1)c1ccccc1.O=C(NN1CCCCC1)c1[nH]nc2c1CCCC/C2=C\c1ccc(Cl)cc1.O=C(NN1CCOCC1)c1[nH]nc2c1CCCC/C2=C\c1ccc(Cl)cc1. The minimum atomic E-state index is -0.284. The van der Waals surface area contributed by atoms with Gasteiger partial charge < -0.3 is 10.1 Å². The molecule has 2 fully saturated rings. The number of benzene rings is 5. The van der Waals surface area contributed by atoms with Gasteiger partial charge in [0, 0.05) is 57.9 Å². The van der Waals surface area contributed by atoms with Crippen LogP contribution in [0.3, 0.4) is 0 Å². The molecule has 15 nitrogen and oxygen atoms in total. The molecule has 5 aromatic carbocycles. The number of morpholine rings is 1. The fourth-order valence-electron chi connectivity index (χ4n) is 12.2. The molecule has 5 N–H and O–H groups in total. The van der Waals surface area contributed by atoms with Gasteiger partial charge in [-0.3, -0.25) is 35.4 Å². The van der Waals surface area contributed by atoms with Gasteiger partial charge in [-0.25, -0.2) is 19.1 Å². The lowest BCUT2D eigenvalue weighted by molar-refractivity contribution is 0.0124. The zero-order valence-corrected chi connectivity index (χ0v) is 53.9. The van der Waals surface area contributed by atoms with Crippen molar-refractivity contribution >= 4 is 99.1 Å². The van der Waals surface area contributed by atoms with Crippen LogP contribution in [0.15, 0.2) is 121 Å². The Morgan fingerprint density at radius 3 is 1.55 bits per heavy atom. The standard InChI is InChI=1S/C30H26Cl2FN3O.C21H25ClN4O.C20H23ClN4O2/c1-19(21-7-3-2-4-8-21)34-30(37)28-25-10-6-5-9-22(17-20-11-14-24(33)15-12-20)29(25)36(35-28)27-16-13-23(31)18-26(27)32;22-17-10-8-15(9-11-17)14-16-6-2-3-7-18-19(16)23-24-20(18)21(27)25-26-12-4-1-5-13-26;21-16-7-5-14(6-8-16)13-15-3-1-2-4-17-18(15)22-23-19(17)20(26)24-25-9-11-27-12-10-25/h2-4,7-8,11-19H,5-6,9-10H2,1H3,(H,34,37);8-11,14H,1-7,12-13H2,(H,23,24)(H,25,27);5-8,13H,1-4,9-12H2,(H,22,23)(H,24,26)/b22-17+;16-14+;15-13+/t19-;;/m1../s1. The van der Waals surface area contributed by atoms with Crippen molar-refractivity contribution in [3.63, 3.8) is 0 Å². The molecule has 5 heterocycles. The lowest BCUT2D eigenvalue weighted by Gasteiger charge is -2.26. The van der Waals surface area contributed by atoms with Gasteiger partial charge in [0.05, 0.1) is 47.0 Å². The molecule has 3 amide bonds. The number of aromatic nitrogens is 6. The van der Waals surface area contributed by atoms with E-state index in [9.17, 15) is 18.8 Å². The van der Waals surface area contributed by atoms with E-state index >= 15 is 0 Å². The molecule has 3 aliphatic carbocycles. The van der Waals surface area contributed by atoms with E-state index < -0.39 is 0 Å². The quantitative estimate of drug-likeness (QED) is 0.0789. The summed E-state index contributed by atoms with van der Waals surface area (Å²) in [7, 11) is 0. The summed E-state index contributed by atoms with van der Waals surface area (Å²) < 4.78 is 20.6. The van der Waals surface area contributed by atoms with Gasteiger partial charge in [-0.1, -0.05) is 120 Å². The van der Waals surface area contributed by atoms with Crippen LogP contribution in [0.1, 0.15) is 178 Å². The van der Waals surface area contributed by atoms with Gasteiger partial charge in [0.2, 0.25) is 0 Å². The highest BCUT2D eigenvalue weighted by Gasteiger charge is 2.31. The molecule has 20 heteroatoms. The second-order valence-corrected chi connectivity index (χ2v) is 25.2. The first-order chi connectivity index (χ1) is 44.3. The summed E-state index contributed by atoms with van der Waals surface area (Å²) in [6.45, 7) is 6.46. The summed E-state index contributed by atoms with van der Waals surface area (Å²) in [5.74, 6) is -0.718. The van der Waals surface area contributed by atoms with Gasteiger partial charge in [0.25, 0.3) is 17.7 Å². The minimum absolute atomic E-state index is 0.0709. The van der Waals surface area contributed by atoms with Crippen LogP contribution in [0, 0.1) is 5.82 Å². The van der Waals surface area contributed by atoms with E-state index in [0.29, 0.717) is 65.5 Å². The largest absolute Gasteiger partial charge is 0.379 e. The van der Waals surface area contributed by atoms with E-state index in [1.807, 2.05) is 108 Å². The van der Waals surface area contributed by atoms with E-state index in [4.69, 9.17) is 56.2 Å². The van der Waals surface area contributed by atoms with Gasteiger partial charge in [0.1, 0.15) is 17.2 Å². The van der Waals surface area contributed by atoms with Gasteiger partial charge in [-0.15, -0.1) is 0 Å². The van der Waals surface area contributed by atoms with E-state index in [2.05, 4.69) is 48.7 Å². The number of hydrogen-bond donors (Lipinski definition) is 5. The highest BCUT2D eigenvalue weighted by atomic mass is 35.5. The number of amides is 3. The molecular weight excluding hydrogens is 1230 g/mol. The molecule has 13 rings (SSSR count). The van der Waals surface area contributed by atoms with Gasteiger partial charge in [0.15, 0.2) is 5.69 Å². The van der Waals surface area contributed by atoms with Crippen LogP contribution in [0.4, 0.5) is 4.39 Å². The predicted octanol–water partition coefficient (Wildman–Crippen LogP) is 15.8. The molecule has 2 saturated heterocycles. The summed E-state index contributed by atoms with van der Waals surface area (Å²) in [5, 5.41) is 29.3. The third-order valence-corrected chi connectivity index (χ3v) is 18.0. The topological polar surface area (TPSA) is 178 Å². The number of allylic oxidation sites excluding steroid dienone is 3. The number of rotatable bonds is 11. The first-order valence-electron chi connectivity index (χ1n) is 31.5. The number of nitrogens with zero attached hydrogens (tertiary/aromatic N) is 6. The third kappa shape index (κ3) is 16.7. The van der Waals surface area contributed by atoms with Gasteiger partial charge in [-0.2, -0.15) is 15.3 Å². The minimum Gasteiger partial charge on any atom is -0.379 e. The molecule has 1 atom stereocenters. The Morgan fingerprint density at radius 2 is 1.01 bits per heavy atom. The van der Waals surface area contributed by atoms with Crippen LogP contribution in [-0.2, 0) is 24.0 Å². The maximum atomic E-state index is 13.6. The van der Waals surface area contributed by atoms with Crippen molar-refractivity contribution in [2.75, 3.05) is 39.4 Å². The second kappa shape index (κ2) is 31.1. The van der Waals surface area contributed by atoms with Crippen molar-refractivity contribution in [2.45, 2.75) is 109 Å². The zero-order chi connectivity index (χ0) is 63.2. The highest BCUT2D eigenvalue weighted by molar-refractivity contribution is 6.35. The number of ether oxygens (including phenoxy) is 1. The van der Waals surface area contributed by atoms with Gasteiger partial charge >= 0.3 is 0 Å². The summed E-state index contributed by atoms with van der Waals surface area (Å²) in [4.78, 5) is 39.2. The Kier molecular flexibility index (Phi) is 22.2. The third-order valence-electron chi connectivity index (χ3n) is 17.0. The molecule has 2 aliphatic heterocycles. The second-order valence-electron chi connectivity index (χ2n) is 23.5. The number of fused-ring (bicyclic) bond motifs is 3. The van der Waals surface area contributed by atoms with Crippen LogP contribution in [0.2, 0.25) is 20.1 Å². The zero-order valence-electron chi connectivity index (χ0n) is 50.9. The van der Waals surface area contributed by atoms with Crippen LogP contribution in [-0.4, -0.2) is 97.3 Å².